The van der Waals surface area contributed by atoms with E-state index in [0.29, 0.717) is 22.5 Å². The molecule has 0 radical (unpaired) electrons. The van der Waals surface area contributed by atoms with Gasteiger partial charge in [-0.05, 0) is 18.2 Å². The normalized spacial score (nSPS) is 14.4. The molecule has 0 fully saturated rings. The van der Waals surface area contributed by atoms with Gasteiger partial charge in [0.1, 0.15) is 0 Å². The molecular weight excluding hydrogens is 391 g/mol. The van der Waals surface area contributed by atoms with Gasteiger partial charge in [0.15, 0.2) is 5.75 Å². The molecule has 1 aliphatic carbocycles. The van der Waals surface area contributed by atoms with Crippen molar-refractivity contribution in [1.29, 1.82) is 0 Å². The quantitative estimate of drug-likeness (QED) is 0.786. The van der Waals surface area contributed by atoms with Crippen LogP contribution in [0.2, 0.25) is 10.0 Å². The summed E-state index contributed by atoms with van der Waals surface area (Å²) in [5, 5.41) is 2.74. The number of ketones is 1. The zero-order valence-corrected chi connectivity index (χ0v) is 15.5. The lowest BCUT2D eigenvalue weighted by Gasteiger charge is -2.17. The first-order valence-electron chi connectivity index (χ1n) is 7.72. The SMILES string of the molecule is CC(=O)NC1=CC(=Nc2cc(Cl)c(OC=O)c(Cl)c2)c2ccccc2C1=O. The van der Waals surface area contributed by atoms with E-state index in [1.165, 1.54) is 25.1 Å². The van der Waals surface area contributed by atoms with Crippen LogP contribution in [0.1, 0.15) is 22.8 Å². The summed E-state index contributed by atoms with van der Waals surface area (Å²) in [5.41, 5.74) is 1.99. The lowest BCUT2D eigenvalue weighted by Crippen LogP contribution is -2.29. The van der Waals surface area contributed by atoms with E-state index in [0.717, 1.165) is 0 Å². The number of ether oxygens (including phenoxy) is 1. The zero-order valence-electron chi connectivity index (χ0n) is 14.0. The topological polar surface area (TPSA) is 84.8 Å². The molecule has 1 aliphatic rings. The lowest BCUT2D eigenvalue weighted by molar-refractivity contribution is -0.121. The number of hydrogen-bond donors (Lipinski definition) is 1. The number of aliphatic imine (C=N–C) groups is 1. The molecule has 0 atom stereocenters. The second-order valence-corrected chi connectivity index (χ2v) is 6.38. The predicted molar refractivity (Wildman–Crippen MR) is 102 cm³/mol. The Labute approximate surface area is 164 Å². The first-order chi connectivity index (χ1) is 12.9. The molecule has 0 spiro atoms. The predicted octanol–water partition coefficient (Wildman–Crippen LogP) is 3.87. The fourth-order valence-electron chi connectivity index (χ4n) is 2.62. The average Bonchev–Trinajstić information content (AvgIpc) is 2.62. The van der Waals surface area contributed by atoms with Crippen molar-refractivity contribution >= 4 is 52.8 Å². The van der Waals surface area contributed by atoms with Crippen LogP contribution in [0.15, 0.2) is 53.2 Å². The van der Waals surface area contributed by atoms with E-state index in [-0.39, 0.29) is 39.7 Å². The van der Waals surface area contributed by atoms with E-state index in [1.807, 2.05) is 0 Å². The van der Waals surface area contributed by atoms with Gasteiger partial charge in [-0.25, -0.2) is 4.99 Å². The highest BCUT2D eigenvalue weighted by atomic mass is 35.5. The number of benzene rings is 2. The van der Waals surface area contributed by atoms with E-state index in [2.05, 4.69) is 10.3 Å². The maximum Gasteiger partial charge on any atom is 0.298 e. The van der Waals surface area contributed by atoms with Crippen molar-refractivity contribution in [3.8, 4) is 5.75 Å². The molecule has 136 valence electrons. The van der Waals surface area contributed by atoms with Crippen LogP contribution >= 0.6 is 23.2 Å². The largest absolute Gasteiger partial charge is 0.426 e. The molecule has 0 aliphatic heterocycles. The molecule has 8 heteroatoms. The van der Waals surface area contributed by atoms with Gasteiger partial charge in [0.05, 0.1) is 27.1 Å². The molecule has 2 aromatic carbocycles. The summed E-state index contributed by atoms with van der Waals surface area (Å²) in [6, 6.07) is 9.86. The molecule has 0 saturated heterocycles. The number of fused-ring (bicyclic) bond motifs is 1. The fourth-order valence-corrected chi connectivity index (χ4v) is 3.18. The summed E-state index contributed by atoms with van der Waals surface area (Å²) in [6.07, 6.45) is 1.49. The number of amides is 1. The summed E-state index contributed by atoms with van der Waals surface area (Å²) in [6.45, 7) is 1.54. The van der Waals surface area contributed by atoms with Gasteiger partial charge in [-0.3, -0.25) is 14.4 Å². The number of halogens is 2. The smallest absolute Gasteiger partial charge is 0.298 e. The molecule has 1 N–H and O–H groups in total. The number of rotatable bonds is 4. The molecular formula is C19H12Cl2N2O4. The van der Waals surface area contributed by atoms with Crippen molar-refractivity contribution in [2.75, 3.05) is 0 Å². The molecule has 1 amide bonds. The van der Waals surface area contributed by atoms with Gasteiger partial charge in [-0.1, -0.05) is 47.5 Å². The van der Waals surface area contributed by atoms with E-state index >= 15 is 0 Å². The number of allylic oxidation sites excluding steroid dienone is 2. The second-order valence-electron chi connectivity index (χ2n) is 5.56. The summed E-state index contributed by atoms with van der Waals surface area (Å²) in [7, 11) is 0. The molecule has 27 heavy (non-hydrogen) atoms. The zero-order chi connectivity index (χ0) is 19.6. The van der Waals surface area contributed by atoms with Gasteiger partial charge in [-0.2, -0.15) is 0 Å². The Morgan fingerprint density at radius 1 is 1.15 bits per heavy atom. The number of nitrogens with one attached hydrogen (secondary N) is 1. The number of Topliss-reactive ketones (excluding diaryl/α,β-unsaturated/α-hetero) is 1. The number of hydrogen-bond acceptors (Lipinski definition) is 5. The number of carbonyl (C=O) groups excluding carboxylic acids is 3. The Balaban J connectivity index is 2.13. The van der Waals surface area contributed by atoms with Crippen molar-refractivity contribution in [2.24, 2.45) is 4.99 Å². The first kappa shape index (κ1) is 18.8. The van der Waals surface area contributed by atoms with Gasteiger partial charge >= 0.3 is 0 Å². The van der Waals surface area contributed by atoms with Crippen LogP contribution in [-0.4, -0.2) is 23.9 Å². The van der Waals surface area contributed by atoms with Crippen molar-refractivity contribution < 1.29 is 19.1 Å². The van der Waals surface area contributed by atoms with E-state index in [4.69, 9.17) is 27.9 Å². The van der Waals surface area contributed by atoms with Gasteiger partial charge in [0.25, 0.3) is 6.47 Å². The molecule has 0 heterocycles. The molecule has 0 bridgehead atoms. The maximum atomic E-state index is 12.5. The van der Waals surface area contributed by atoms with Crippen molar-refractivity contribution in [3.05, 3.63) is 69.3 Å². The summed E-state index contributed by atoms with van der Waals surface area (Å²) in [5.74, 6) is -0.633. The molecule has 0 saturated carbocycles. The number of nitrogens with zero attached hydrogens (tertiary/aromatic N) is 1. The van der Waals surface area contributed by atoms with Gasteiger partial charge in [-0.15, -0.1) is 0 Å². The minimum Gasteiger partial charge on any atom is -0.426 e. The van der Waals surface area contributed by atoms with Crippen LogP contribution in [0, 0.1) is 0 Å². The molecule has 6 nitrogen and oxygen atoms in total. The fraction of sp³-hybridized carbons (Fsp3) is 0.0526. The average molecular weight is 403 g/mol. The highest BCUT2D eigenvalue weighted by Gasteiger charge is 2.24. The Morgan fingerprint density at radius 2 is 1.78 bits per heavy atom. The van der Waals surface area contributed by atoms with Crippen LogP contribution < -0.4 is 10.1 Å². The van der Waals surface area contributed by atoms with Crippen LogP contribution in [0.5, 0.6) is 5.75 Å². The molecule has 2 aromatic rings. The second kappa shape index (κ2) is 7.73. The van der Waals surface area contributed by atoms with Crippen molar-refractivity contribution in [3.63, 3.8) is 0 Å². The Morgan fingerprint density at radius 3 is 2.37 bits per heavy atom. The Hall–Kier alpha value is -2.96. The first-order valence-corrected chi connectivity index (χ1v) is 8.47. The van der Waals surface area contributed by atoms with E-state index in [1.54, 1.807) is 24.3 Å². The maximum absolute atomic E-state index is 12.5. The van der Waals surface area contributed by atoms with Crippen molar-refractivity contribution in [1.82, 2.24) is 5.32 Å². The van der Waals surface area contributed by atoms with Gasteiger partial charge < -0.3 is 10.1 Å². The summed E-state index contributed by atoms with van der Waals surface area (Å²) >= 11 is 12.2. The lowest BCUT2D eigenvalue weighted by atomic mass is 9.92. The summed E-state index contributed by atoms with van der Waals surface area (Å²) in [4.78, 5) is 39.0. The monoisotopic (exact) mass is 402 g/mol. The van der Waals surface area contributed by atoms with Crippen LogP contribution in [0.3, 0.4) is 0 Å². The van der Waals surface area contributed by atoms with Crippen molar-refractivity contribution in [2.45, 2.75) is 6.92 Å². The van der Waals surface area contributed by atoms with Crippen LogP contribution in [0.4, 0.5) is 5.69 Å². The Bertz CT molecular complexity index is 1010. The minimum atomic E-state index is -0.366. The third-order valence-electron chi connectivity index (χ3n) is 3.68. The minimum absolute atomic E-state index is 0.0333. The Kier molecular flexibility index (Phi) is 5.39. The molecule has 0 aromatic heterocycles. The highest BCUT2D eigenvalue weighted by molar-refractivity contribution is 6.37. The molecule has 0 unspecified atom stereocenters. The van der Waals surface area contributed by atoms with E-state index in [9.17, 15) is 14.4 Å². The third kappa shape index (κ3) is 3.92. The molecule has 3 rings (SSSR count). The van der Waals surface area contributed by atoms with E-state index < -0.39 is 0 Å². The third-order valence-corrected chi connectivity index (χ3v) is 4.24. The van der Waals surface area contributed by atoms with Crippen LogP contribution in [-0.2, 0) is 9.59 Å². The van der Waals surface area contributed by atoms with Crippen LogP contribution in [0.25, 0.3) is 0 Å². The van der Waals surface area contributed by atoms with Gasteiger partial charge in [0.2, 0.25) is 11.7 Å². The highest BCUT2D eigenvalue weighted by Crippen LogP contribution is 2.37. The van der Waals surface area contributed by atoms with Gasteiger partial charge in [0, 0.05) is 18.1 Å². The number of carbonyl (C=O) groups is 3. The standard InChI is InChI=1S/C19H12Cl2N2O4/c1-10(25)22-17-8-16(12-4-2-3-5-13(12)18(17)26)23-11-6-14(20)19(27-9-24)15(21)7-11/h2-9H,1H3,(H,22,25). The summed E-state index contributed by atoms with van der Waals surface area (Å²) < 4.78 is 4.75.